The molecule has 37 heavy (non-hydrogen) atoms. The average molecular weight is 588 g/mol. The topological polar surface area (TPSA) is 128 Å². The zero-order valence-electron chi connectivity index (χ0n) is 19.6. The Morgan fingerprint density at radius 3 is 2.54 bits per heavy atom. The number of hydrogen-bond donors (Lipinski definition) is 1. The fourth-order valence-corrected chi connectivity index (χ4v) is 5.69. The number of β-lactam (4-membered cyclic amide) rings is 1. The van der Waals surface area contributed by atoms with E-state index in [1.54, 1.807) is 31.2 Å². The van der Waals surface area contributed by atoms with Crippen LogP contribution in [0, 0.1) is 10.1 Å². The number of nitrogens with one attached hydrogen (secondary N) is 1. The lowest BCUT2D eigenvalue weighted by Crippen LogP contribution is -2.70. The van der Waals surface area contributed by atoms with E-state index in [-0.39, 0.29) is 24.6 Å². The molecule has 1 saturated heterocycles. The molecule has 0 bridgehead atoms. The van der Waals surface area contributed by atoms with E-state index in [1.165, 1.54) is 40.9 Å². The van der Waals surface area contributed by atoms with Crippen molar-refractivity contribution in [1.29, 1.82) is 0 Å². The average Bonchev–Trinajstić information content (AvgIpc) is 2.91. The first kappa shape index (κ1) is 26.4. The molecule has 2 aromatic carbocycles. The van der Waals surface area contributed by atoms with Gasteiger partial charge in [0.2, 0.25) is 0 Å². The number of hydrogen-bond acceptors (Lipinski definition) is 8. The van der Waals surface area contributed by atoms with Crippen molar-refractivity contribution in [3.8, 4) is 5.75 Å². The Bertz CT molecular complexity index is 1280. The highest BCUT2D eigenvalue weighted by atomic mass is 79.9. The number of fused-ring (bicyclic) bond motifs is 1. The zero-order chi connectivity index (χ0) is 26.5. The van der Waals surface area contributed by atoms with Crippen LogP contribution in [-0.2, 0) is 25.7 Å². The quantitative estimate of drug-likeness (QED) is 0.155. The molecule has 2 heterocycles. The summed E-state index contributed by atoms with van der Waals surface area (Å²) in [7, 11) is 0. The SMILES string of the molecule is CC1=C(C(=O)OCc2ccc([N+](=O)[O-])cc2)N2C(=O)C(NC(=O)COc3ccccc3)[C@@H]2SC1=CCBr. The van der Waals surface area contributed by atoms with Crippen molar-refractivity contribution in [3.05, 3.63) is 92.5 Å². The van der Waals surface area contributed by atoms with Crippen LogP contribution in [0.2, 0.25) is 0 Å². The van der Waals surface area contributed by atoms with Crippen LogP contribution in [0.1, 0.15) is 12.5 Å². The summed E-state index contributed by atoms with van der Waals surface area (Å²) in [5.74, 6) is -1.05. The number of non-ortho nitro benzene ring substituents is 1. The third-order valence-corrected chi connectivity index (χ3v) is 7.43. The van der Waals surface area contributed by atoms with Crippen molar-refractivity contribution in [2.75, 3.05) is 11.9 Å². The van der Waals surface area contributed by atoms with E-state index in [2.05, 4.69) is 21.2 Å². The molecule has 1 unspecified atom stereocenters. The molecular formula is C25H22BrN3O7S. The monoisotopic (exact) mass is 587 g/mol. The molecule has 2 aromatic rings. The van der Waals surface area contributed by atoms with Gasteiger partial charge in [0.15, 0.2) is 6.61 Å². The summed E-state index contributed by atoms with van der Waals surface area (Å²) in [4.78, 5) is 51.0. The molecule has 1 N–H and O–H groups in total. The van der Waals surface area contributed by atoms with Crippen LogP contribution in [0.4, 0.5) is 5.69 Å². The van der Waals surface area contributed by atoms with E-state index in [9.17, 15) is 24.5 Å². The molecule has 2 aliphatic rings. The van der Waals surface area contributed by atoms with Crippen molar-refractivity contribution in [2.24, 2.45) is 0 Å². The van der Waals surface area contributed by atoms with Gasteiger partial charge in [0, 0.05) is 22.4 Å². The van der Waals surface area contributed by atoms with Gasteiger partial charge in [-0.15, -0.1) is 0 Å². The Kier molecular flexibility index (Phi) is 8.29. The Hall–Kier alpha value is -3.64. The van der Waals surface area contributed by atoms with Gasteiger partial charge in [-0.25, -0.2) is 4.79 Å². The molecule has 10 nitrogen and oxygen atoms in total. The van der Waals surface area contributed by atoms with Crippen molar-refractivity contribution in [3.63, 3.8) is 0 Å². The Morgan fingerprint density at radius 1 is 1.19 bits per heavy atom. The number of amides is 2. The maximum Gasteiger partial charge on any atom is 0.355 e. The van der Waals surface area contributed by atoms with E-state index < -0.39 is 34.1 Å². The van der Waals surface area contributed by atoms with Gasteiger partial charge in [0.05, 0.1) is 4.92 Å². The predicted molar refractivity (Wildman–Crippen MR) is 140 cm³/mol. The van der Waals surface area contributed by atoms with E-state index in [0.717, 1.165) is 4.91 Å². The molecule has 0 saturated carbocycles. The summed E-state index contributed by atoms with van der Waals surface area (Å²) in [5.41, 5.74) is 1.18. The van der Waals surface area contributed by atoms with E-state index >= 15 is 0 Å². The fraction of sp³-hybridized carbons (Fsp3) is 0.240. The molecule has 4 rings (SSSR count). The Balaban J connectivity index is 1.44. The number of benzene rings is 2. The molecule has 1 fully saturated rings. The summed E-state index contributed by atoms with van der Waals surface area (Å²) < 4.78 is 10.9. The number of ether oxygens (including phenoxy) is 2. The number of nitrogens with zero attached hydrogens (tertiary/aromatic N) is 2. The van der Waals surface area contributed by atoms with Crippen molar-refractivity contribution in [1.82, 2.24) is 10.2 Å². The third-order valence-electron chi connectivity index (χ3n) is 5.66. The molecule has 0 aliphatic carbocycles. The molecular weight excluding hydrogens is 566 g/mol. The largest absolute Gasteiger partial charge is 0.484 e. The van der Waals surface area contributed by atoms with E-state index in [0.29, 0.717) is 22.2 Å². The van der Waals surface area contributed by atoms with E-state index in [4.69, 9.17) is 9.47 Å². The van der Waals surface area contributed by atoms with Gasteiger partial charge in [0.1, 0.15) is 29.5 Å². The normalized spacial score (nSPS) is 19.7. The fourth-order valence-electron chi connectivity index (χ4n) is 3.81. The van der Waals surface area contributed by atoms with Crippen molar-refractivity contribution >= 4 is 51.2 Å². The molecule has 192 valence electrons. The first-order chi connectivity index (χ1) is 17.8. The molecule has 2 atom stereocenters. The van der Waals surface area contributed by atoms with Crippen LogP contribution >= 0.6 is 27.7 Å². The lowest BCUT2D eigenvalue weighted by atomic mass is 10.0. The second-order valence-electron chi connectivity index (χ2n) is 8.06. The Morgan fingerprint density at radius 2 is 1.89 bits per heavy atom. The Labute approximate surface area is 225 Å². The van der Waals surface area contributed by atoms with Gasteiger partial charge in [-0.2, -0.15) is 0 Å². The van der Waals surface area contributed by atoms with Crippen LogP contribution in [0.5, 0.6) is 5.75 Å². The lowest BCUT2D eigenvalue weighted by molar-refractivity contribution is -0.384. The lowest BCUT2D eigenvalue weighted by Gasteiger charge is -2.50. The molecule has 0 radical (unpaired) electrons. The predicted octanol–water partition coefficient (Wildman–Crippen LogP) is 3.67. The second kappa shape index (κ2) is 11.6. The number of allylic oxidation sites excluding steroid dienone is 2. The number of alkyl halides is 1. The number of rotatable bonds is 9. The summed E-state index contributed by atoms with van der Waals surface area (Å²) in [6, 6.07) is 13.7. The molecule has 12 heteroatoms. The highest BCUT2D eigenvalue weighted by Crippen LogP contribution is 2.46. The zero-order valence-corrected chi connectivity index (χ0v) is 22.0. The first-order valence-corrected chi connectivity index (χ1v) is 13.1. The summed E-state index contributed by atoms with van der Waals surface area (Å²) >= 11 is 4.74. The van der Waals surface area contributed by atoms with Gasteiger partial charge >= 0.3 is 5.97 Å². The minimum absolute atomic E-state index is 0.0706. The third kappa shape index (κ3) is 5.86. The summed E-state index contributed by atoms with van der Waals surface area (Å²) in [6.07, 6.45) is 1.88. The maximum atomic E-state index is 13.1. The molecule has 2 amide bonds. The van der Waals surface area contributed by atoms with Crippen LogP contribution in [0.25, 0.3) is 0 Å². The highest BCUT2D eigenvalue weighted by molar-refractivity contribution is 9.09. The number of nitro benzene ring substituents is 1. The standard InChI is InChI=1S/C25H22BrN3O7S/c1-15-19(11-12-26)37-24-21(27-20(30)14-35-18-5-3-2-4-6-18)23(31)28(24)22(15)25(32)36-13-16-7-9-17(10-8-16)29(33)34/h2-11,21,24H,12-14H2,1H3,(H,27,30)/t21?,24-/m0/s1. The van der Waals surface area contributed by atoms with Crippen LogP contribution in [0.15, 0.2) is 76.8 Å². The number of esters is 1. The second-order valence-corrected chi connectivity index (χ2v) is 9.87. The van der Waals surface area contributed by atoms with Gasteiger partial charge < -0.3 is 14.8 Å². The number of halogens is 1. The van der Waals surface area contributed by atoms with Gasteiger partial charge in [-0.05, 0) is 42.3 Å². The molecule has 2 aliphatic heterocycles. The number of para-hydroxylation sites is 1. The number of nitro groups is 1. The summed E-state index contributed by atoms with van der Waals surface area (Å²) in [6.45, 7) is 1.35. The highest BCUT2D eigenvalue weighted by Gasteiger charge is 2.55. The van der Waals surface area contributed by atoms with Crippen LogP contribution in [-0.4, -0.2) is 51.0 Å². The van der Waals surface area contributed by atoms with Crippen LogP contribution in [0.3, 0.4) is 0 Å². The minimum Gasteiger partial charge on any atom is -0.484 e. The maximum absolute atomic E-state index is 13.1. The first-order valence-electron chi connectivity index (χ1n) is 11.1. The van der Waals surface area contributed by atoms with Crippen LogP contribution < -0.4 is 10.1 Å². The van der Waals surface area contributed by atoms with Gasteiger partial charge in [-0.1, -0.05) is 52.0 Å². The number of carbonyl (C=O) groups excluding carboxylic acids is 3. The number of carbonyl (C=O) groups is 3. The smallest absolute Gasteiger partial charge is 0.355 e. The van der Waals surface area contributed by atoms with Gasteiger partial charge in [-0.3, -0.25) is 24.6 Å². The summed E-state index contributed by atoms with van der Waals surface area (Å²) in [5, 5.41) is 13.5. The minimum atomic E-state index is -0.832. The number of thioether (sulfide) groups is 1. The van der Waals surface area contributed by atoms with Crippen molar-refractivity contribution in [2.45, 2.75) is 24.9 Å². The molecule has 0 aromatic heterocycles. The van der Waals surface area contributed by atoms with Crippen molar-refractivity contribution < 1.29 is 28.8 Å². The van der Waals surface area contributed by atoms with E-state index in [1.807, 2.05) is 12.1 Å². The van der Waals surface area contributed by atoms with Gasteiger partial charge in [0.25, 0.3) is 17.5 Å². The molecule has 0 spiro atoms.